The molecule has 0 aliphatic carbocycles. The van der Waals surface area contributed by atoms with Gasteiger partial charge in [0, 0.05) is 37.8 Å². The summed E-state index contributed by atoms with van der Waals surface area (Å²) < 4.78 is 5.30. The zero-order valence-corrected chi connectivity index (χ0v) is 16.4. The molecule has 2 fully saturated rings. The van der Waals surface area contributed by atoms with Gasteiger partial charge in [-0.1, -0.05) is 18.2 Å². The third-order valence-corrected chi connectivity index (χ3v) is 6.15. The van der Waals surface area contributed by atoms with Gasteiger partial charge in [0.25, 0.3) is 0 Å². The molecule has 2 aliphatic heterocycles. The van der Waals surface area contributed by atoms with Crippen LogP contribution in [-0.2, 0) is 17.9 Å². The van der Waals surface area contributed by atoms with Gasteiger partial charge in [-0.2, -0.15) is 0 Å². The molecule has 2 aliphatic rings. The zero-order chi connectivity index (χ0) is 19.6. The van der Waals surface area contributed by atoms with Gasteiger partial charge < -0.3 is 15.4 Å². The number of methoxy groups -OCH3 is 1. The van der Waals surface area contributed by atoms with Crippen molar-refractivity contribution in [3.8, 4) is 5.75 Å². The quantitative estimate of drug-likeness (QED) is 0.863. The molecule has 2 saturated heterocycles. The molecule has 1 amide bonds. The maximum Gasteiger partial charge on any atom is 0.223 e. The van der Waals surface area contributed by atoms with Crippen molar-refractivity contribution in [3.05, 3.63) is 53.7 Å². The number of piperidine rings is 1. The van der Waals surface area contributed by atoms with Crippen LogP contribution in [0.15, 0.2) is 42.6 Å². The predicted molar refractivity (Wildman–Crippen MR) is 109 cm³/mol. The lowest BCUT2D eigenvalue weighted by Gasteiger charge is -2.39. The maximum atomic E-state index is 12.7. The molecule has 1 spiro atoms. The molecular formula is C22H28N4O2. The first-order valence-corrected chi connectivity index (χ1v) is 9.89. The Morgan fingerprint density at radius 2 is 2.00 bits per heavy atom. The van der Waals surface area contributed by atoms with E-state index < -0.39 is 0 Å². The third kappa shape index (κ3) is 3.97. The molecule has 0 saturated carbocycles. The highest BCUT2D eigenvalue weighted by atomic mass is 16.5. The van der Waals surface area contributed by atoms with E-state index >= 15 is 0 Å². The Kier molecular flexibility index (Phi) is 5.22. The smallest absolute Gasteiger partial charge is 0.223 e. The predicted octanol–water partition coefficient (Wildman–Crippen LogP) is 2.69. The highest BCUT2D eigenvalue weighted by Gasteiger charge is 2.44. The van der Waals surface area contributed by atoms with Crippen molar-refractivity contribution >= 4 is 11.7 Å². The van der Waals surface area contributed by atoms with Gasteiger partial charge in [-0.3, -0.25) is 9.69 Å². The molecule has 0 bridgehead atoms. The number of pyridine rings is 1. The minimum atomic E-state index is 0.118. The van der Waals surface area contributed by atoms with Crippen molar-refractivity contribution in [2.75, 3.05) is 32.5 Å². The monoisotopic (exact) mass is 380 g/mol. The molecular weight excluding hydrogens is 352 g/mol. The number of amides is 1. The van der Waals surface area contributed by atoms with Gasteiger partial charge in [-0.15, -0.1) is 0 Å². The first-order chi connectivity index (χ1) is 13.6. The lowest BCUT2D eigenvalue weighted by Crippen LogP contribution is -2.41. The van der Waals surface area contributed by atoms with Crippen LogP contribution in [0.4, 0.5) is 5.82 Å². The van der Waals surface area contributed by atoms with Crippen molar-refractivity contribution in [3.63, 3.8) is 0 Å². The van der Waals surface area contributed by atoms with Crippen LogP contribution in [-0.4, -0.2) is 47.4 Å². The molecule has 0 unspecified atom stereocenters. The first kappa shape index (κ1) is 18.7. The summed E-state index contributed by atoms with van der Waals surface area (Å²) in [6.45, 7) is 4.33. The van der Waals surface area contributed by atoms with Gasteiger partial charge in [0.1, 0.15) is 11.6 Å². The number of aromatic nitrogens is 1. The van der Waals surface area contributed by atoms with Crippen LogP contribution in [0, 0.1) is 5.41 Å². The molecule has 4 rings (SSSR count). The number of rotatable bonds is 5. The average molecular weight is 380 g/mol. The number of carbonyl (C=O) groups is 1. The maximum absolute atomic E-state index is 12.7. The van der Waals surface area contributed by atoms with E-state index in [-0.39, 0.29) is 11.3 Å². The number of hydrogen-bond acceptors (Lipinski definition) is 5. The van der Waals surface area contributed by atoms with Crippen LogP contribution >= 0.6 is 0 Å². The fraction of sp³-hybridized carbons (Fsp3) is 0.455. The summed E-state index contributed by atoms with van der Waals surface area (Å²) in [7, 11) is 1.67. The van der Waals surface area contributed by atoms with Crippen LogP contribution in [0.1, 0.15) is 30.4 Å². The molecule has 1 aromatic carbocycles. The second-order valence-corrected chi connectivity index (χ2v) is 8.10. The summed E-state index contributed by atoms with van der Waals surface area (Å²) in [5, 5.41) is 0. The van der Waals surface area contributed by atoms with Crippen molar-refractivity contribution in [1.82, 2.24) is 14.8 Å². The van der Waals surface area contributed by atoms with Crippen molar-refractivity contribution in [1.29, 1.82) is 0 Å². The fourth-order valence-electron chi connectivity index (χ4n) is 4.46. The Balaban J connectivity index is 1.35. The molecule has 148 valence electrons. The topological polar surface area (TPSA) is 71.7 Å². The SMILES string of the molecule is COc1cccc(CN2CC3(CCN(Cc4cccnc4N)CC3)CC2=O)c1. The van der Waals surface area contributed by atoms with Gasteiger partial charge in [-0.25, -0.2) is 4.98 Å². The molecule has 3 heterocycles. The summed E-state index contributed by atoms with van der Waals surface area (Å²) in [6, 6.07) is 12.0. The minimum Gasteiger partial charge on any atom is -0.497 e. The number of likely N-dealkylation sites (tertiary alicyclic amines) is 2. The van der Waals surface area contributed by atoms with E-state index in [4.69, 9.17) is 10.5 Å². The van der Waals surface area contributed by atoms with E-state index in [2.05, 4.69) is 16.0 Å². The summed E-state index contributed by atoms with van der Waals surface area (Å²) >= 11 is 0. The Bertz CT molecular complexity index is 846. The lowest BCUT2D eigenvalue weighted by atomic mass is 9.77. The highest BCUT2D eigenvalue weighted by Crippen LogP contribution is 2.41. The summed E-state index contributed by atoms with van der Waals surface area (Å²) in [4.78, 5) is 21.3. The average Bonchev–Trinajstić information content (AvgIpc) is 3.00. The summed E-state index contributed by atoms with van der Waals surface area (Å²) in [5.41, 5.74) is 8.31. The lowest BCUT2D eigenvalue weighted by molar-refractivity contribution is -0.128. The minimum absolute atomic E-state index is 0.118. The Morgan fingerprint density at radius 1 is 1.18 bits per heavy atom. The van der Waals surface area contributed by atoms with Crippen LogP contribution in [0.25, 0.3) is 0 Å². The molecule has 0 atom stereocenters. The number of carbonyl (C=O) groups excluding carboxylic acids is 1. The van der Waals surface area contributed by atoms with Gasteiger partial charge >= 0.3 is 0 Å². The molecule has 2 aromatic rings. The molecule has 28 heavy (non-hydrogen) atoms. The summed E-state index contributed by atoms with van der Waals surface area (Å²) in [6.07, 6.45) is 4.49. The van der Waals surface area contributed by atoms with E-state index in [0.29, 0.717) is 18.8 Å². The standard InChI is InChI=1S/C22H28N4O2/c1-28-19-6-2-4-17(12-19)14-26-16-22(13-20(26)27)7-10-25(11-8-22)15-18-5-3-9-24-21(18)23/h2-6,9,12H,7-8,10-11,13-16H2,1H3,(H2,23,24). The van der Waals surface area contributed by atoms with E-state index in [1.807, 2.05) is 35.2 Å². The number of benzene rings is 1. The number of nitrogen functional groups attached to an aromatic ring is 1. The second-order valence-electron chi connectivity index (χ2n) is 8.10. The van der Waals surface area contributed by atoms with Crippen molar-refractivity contribution in [2.24, 2.45) is 5.41 Å². The normalized spacial score (nSPS) is 19.3. The summed E-state index contributed by atoms with van der Waals surface area (Å²) in [5.74, 6) is 1.72. The van der Waals surface area contributed by atoms with Gasteiger partial charge in [0.05, 0.1) is 7.11 Å². The second kappa shape index (κ2) is 7.80. The van der Waals surface area contributed by atoms with E-state index in [1.54, 1.807) is 13.3 Å². The van der Waals surface area contributed by atoms with Crippen LogP contribution in [0.3, 0.4) is 0 Å². The van der Waals surface area contributed by atoms with Crippen LogP contribution < -0.4 is 10.5 Å². The zero-order valence-electron chi connectivity index (χ0n) is 16.4. The first-order valence-electron chi connectivity index (χ1n) is 9.89. The molecule has 2 N–H and O–H groups in total. The number of anilines is 1. The van der Waals surface area contributed by atoms with Gasteiger partial charge in [-0.05, 0) is 55.1 Å². The Morgan fingerprint density at radius 3 is 2.75 bits per heavy atom. The van der Waals surface area contributed by atoms with E-state index in [0.717, 1.165) is 55.9 Å². The van der Waals surface area contributed by atoms with Gasteiger partial charge in [0.2, 0.25) is 5.91 Å². The molecule has 1 aromatic heterocycles. The van der Waals surface area contributed by atoms with E-state index in [9.17, 15) is 4.79 Å². The largest absolute Gasteiger partial charge is 0.497 e. The number of ether oxygens (including phenoxy) is 1. The Labute approximate surface area is 166 Å². The van der Waals surface area contributed by atoms with Gasteiger partial charge in [0.15, 0.2) is 0 Å². The number of hydrogen-bond donors (Lipinski definition) is 1. The van der Waals surface area contributed by atoms with Crippen LogP contribution in [0.2, 0.25) is 0 Å². The molecule has 6 heteroatoms. The number of nitrogens with zero attached hydrogens (tertiary/aromatic N) is 3. The highest BCUT2D eigenvalue weighted by molar-refractivity contribution is 5.79. The third-order valence-electron chi connectivity index (χ3n) is 6.15. The number of nitrogens with two attached hydrogens (primary N) is 1. The Hall–Kier alpha value is -2.60. The van der Waals surface area contributed by atoms with Crippen molar-refractivity contribution < 1.29 is 9.53 Å². The molecule has 6 nitrogen and oxygen atoms in total. The molecule has 0 radical (unpaired) electrons. The fourth-order valence-corrected chi connectivity index (χ4v) is 4.46. The van der Waals surface area contributed by atoms with Crippen LogP contribution in [0.5, 0.6) is 5.75 Å². The van der Waals surface area contributed by atoms with Crippen molar-refractivity contribution in [2.45, 2.75) is 32.4 Å². The van der Waals surface area contributed by atoms with E-state index in [1.165, 1.54) is 0 Å².